The van der Waals surface area contributed by atoms with Crippen molar-refractivity contribution in [3.05, 3.63) is 18.7 Å². The second kappa shape index (κ2) is 4.96. The van der Waals surface area contributed by atoms with E-state index in [-0.39, 0.29) is 0 Å². The van der Waals surface area contributed by atoms with Crippen LogP contribution in [0.3, 0.4) is 0 Å². The lowest BCUT2D eigenvalue weighted by atomic mass is 10.2. The third-order valence-corrected chi connectivity index (χ3v) is 13.3. The Balaban J connectivity index is 2.05. The summed E-state index contributed by atoms with van der Waals surface area (Å²) in [6.45, 7) is 0. The normalized spacial score (nSPS) is 28.6. The van der Waals surface area contributed by atoms with Gasteiger partial charge in [-0.3, -0.25) is 0 Å². The second-order valence-corrected chi connectivity index (χ2v) is 14.0. The molecule has 0 N–H and O–H groups in total. The lowest BCUT2D eigenvalue weighted by Gasteiger charge is -2.37. The van der Waals surface area contributed by atoms with Gasteiger partial charge < -0.3 is 0 Å². The van der Waals surface area contributed by atoms with Crippen molar-refractivity contribution in [2.24, 2.45) is 0 Å². The van der Waals surface area contributed by atoms with Crippen molar-refractivity contribution in [3.8, 4) is 0 Å². The van der Waals surface area contributed by atoms with Gasteiger partial charge in [0, 0.05) is 34.1 Å². The average Bonchev–Trinajstić information content (AvgIpc) is 3.09. The first kappa shape index (κ1) is 15.4. The molecule has 9 heteroatoms. The minimum atomic E-state index is -2.73. The van der Waals surface area contributed by atoms with Crippen LogP contribution in [0.4, 0.5) is 8.78 Å². The van der Waals surface area contributed by atoms with Gasteiger partial charge in [-0.25, -0.2) is 8.78 Å². The zero-order valence-electron chi connectivity index (χ0n) is 9.88. The maximum absolute atomic E-state index is 15.5. The van der Waals surface area contributed by atoms with E-state index in [0.29, 0.717) is 0 Å². The van der Waals surface area contributed by atoms with Gasteiger partial charge in [-0.1, -0.05) is 0 Å². The molecule has 3 aliphatic rings. The van der Waals surface area contributed by atoms with Gasteiger partial charge in [0.2, 0.25) is 0 Å². The monoisotopic (exact) mass is 496 g/mol. The molecule has 0 amide bonds. The summed E-state index contributed by atoms with van der Waals surface area (Å²) in [5.41, 5.74) is 1.68. The molecule has 0 bridgehead atoms. The number of halogens is 4. The summed E-state index contributed by atoms with van der Waals surface area (Å²) in [6.07, 6.45) is 0. The van der Waals surface area contributed by atoms with Crippen molar-refractivity contribution >= 4 is 90.2 Å². The fourth-order valence-corrected chi connectivity index (χ4v) is 14.4. The SMILES string of the molecule is FC1(F)C2(SCCS2)c2c(Br)sc(Br)c2C12SCCS2. The Bertz CT molecular complexity index is 529. The van der Waals surface area contributed by atoms with E-state index in [9.17, 15) is 0 Å². The van der Waals surface area contributed by atoms with Crippen LogP contribution in [0.2, 0.25) is 0 Å². The molecule has 110 valence electrons. The predicted octanol–water partition coefficient (Wildman–Crippen LogP) is 6.19. The molecule has 2 spiro atoms. The molecule has 20 heavy (non-hydrogen) atoms. The minimum Gasteiger partial charge on any atom is -0.201 e. The van der Waals surface area contributed by atoms with Crippen LogP contribution in [0.15, 0.2) is 7.57 Å². The first-order valence-electron chi connectivity index (χ1n) is 5.89. The lowest BCUT2D eigenvalue weighted by molar-refractivity contribution is -0.0131. The highest BCUT2D eigenvalue weighted by molar-refractivity contribution is 9.12. The Labute approximate surface area is 153 Å². The molecule has 2 saturated heterocycles. The van der Waals surface area contributed by atoms with Crippen molar-refractivity contribution in [1.82, 2.24) is 0 Å². The third-order valence-electron chi connectivity index (χ3n) is 3.70. The zero-order chi connectivity index (χ0) is 14.2. The van der Waals surface area contributed by atoms with Crippen molar-refractivity contribution in [3.63, 3.8) is 0 Å². The topological polar surface area (TPSA) is 0 Å². The van der Waals surface area contributed by atoms with Crippen LogP contribution in [0.1, 0.15) is 11.1 Å². The number of alkyl halides is 2. The van der Waals surface area contributed by atoms with Gasteiger partial charge in [-0.05, 0) is 31.9 Å². The fraction of sp³-hybridized carbons (Fsp3) is 0.636. The van der Waals surface area contributed by atoms with Gasteiger partial charge in [0.15, 0.2) is 8.16 Å². The van der Waals surface area contributed by atoms with E-state index in [1.165, 1.54) is 47.0 Å². The Morgan fingerprint density at radius 2 is 1.10 bits per heavy atom. The summed E-state index contributed by atoms with van der Waals surface area (Å²) in [5, 5.41) is 0. The van der Waals surface area contributed by atoms with E-state index in [1.54, 1.807) is 11.3 Å². The summed E-state index contributed by atoms with van der Waals surface area (Å²) >= 11 is 14.4. The largest absolute Gasteiger partial charge is 0.303 e. The molecule has 0 atom stereocenters. The van der Waals surface area contributed by atoms with E-state index in [1.807, 2.05) is 0 Å². The van der Waals surface area contributed by atoms with Crippen molar-refractivity contribution in [1.29, 1.82) is 0 Å². The molecular formula is C11H8Br2F2S5. The number of thiophene rings is 1. The van der Waals surface area contributed by atoms with Gasteiger partial charge in [-0.15, -0.1) is 58.4 Å². The second-order valence-electron chi connectivity index (χ2n) is 4.60. The number of hydrogen-bond donors (Lipinski definition) is 0. The summed E-state index contributed by atoms with van der Waals surface area (Å²) in [5.74, 6) is 0.452. The van der Waals surface area contributed by atoms with Crippen LogP contribution in [0.5, 0.6) is 0 Å². The van der Waals surface area contributed by atoms with E-state index in [0.717, 1.165) is 41.7 Å². The first-order chi connectivity index (χ1) is 9.46. The van der Waals surface area contributed by atoms with E-state index >= 15 is 8.78 Å². The van der Waals surface area contributed by atoms with Gasteiger partial charge >= 0.3 is 5.92 Å². The van der Waals surface area contributed by atoms with Crippen LogP contribution in [0.25, 0.3) is 0 Å². The highest BCUT2D eigenvalue weighted by Crippen LogP contribution is 2.80. The molecule has 0 nitrogen and oxygen atoms in total. The van der Waals surface area contributed by atoms with Crippen molar-refractivity contribution in [2.75, 3.05) is 23.0 Å². The predicted molar refractivity (Wildman–Crippen MR) is 97.9 cm³/mol. The Kier molecular flexibility index (Phi) is 3.83. The molecule has 1 aromatic heterocycles. The highest BCUT2D eigenvalue weighted by atomic mass is 79.9. The molecule has 2 aliphatic heterocycles. The van der Waals surface area contributed by atoms with Crippen molar-refractivity contribution < 1.29 is 8.78 Å². The lowest BCUT2D eigenvalue weighted by Crippen LogP contribution is -2.44. The van der Waals surface area contributed by atoms with Crippen LogP contribution < -0.4 is 0 Å². The Morgan fingerprint density at radius 3 is 1.45 bits per heavy atom. The van der Waals surface area contributed by atoms with Crippen LogP contribution in [0, 0.1) is 0 Å². The van der Waals surface area contributed by atoms with E-state index in [4.69, 9.17) is 0 Å². The van der Waals surface area contributed by atoms with Crippen LogP contribution >= 0.6 is 90.2 Å². The number of fused-ring (bicyclic) bond motifs is 3. The first-order valence-corrected chi connectivity index (χ1v) is 12.2. The van der Waals surface area contributed by atoms with E-state index < -0.39 is 14.1 Å². The maximum Gasteiger partial charge on any atom is 0.303 e. The zero-order valence-corrected chi connectivity index (χ0v) is 17.1. The Hall–Kier alpha value is 1.92. The minimum absolute atomic E-state index is 0.797. The average molecular weight is 498 g/mol. The van der Waals surface area contributed by atoms with Gasteiger partial charge in [0.1, 0.15) is 0 Å². The molecule has 0 unspecified atom stereocenters. The molecule has 1 aliphatic carbocycles. The molecule has 1 aromatic rings. The number of thioether (sulfide) groups is 4. The molecule has 0 saturated carbocycles. The molecule has 2 fully saturated rings. The van der Waals surface area contributed by atoms with Gasteiger partial charge in [0.05, 0.1) is 7.57 Å². The van der Waals surface area contributed by atoms with Gasteiger partial charge in [0.25, 0.3) is 0 Å². The number of hydrogen-bond acceptors (Lipinski definition) is 5. The number of rotatable bonds is 0. The van der Waals surface area contributed by atoms with E-state index in [2.05, 4.69) is 31.9 Å². The summed E-state index contributed by atoms with van der Waals surface area (Å²) in [6, 6.07) is 0. The molecular weight excluding hydrogens is 490 g/mol. The van der Waals surface area contributed by atoms with Crippen molar-refractivity contribution in [2.45, 2.75) is 14.1 Å². The smallest absolute Gasteiger partial charge is 0.201 e. The standard InChI is InChI=1S/C11H8Br2F2S5/c12-7-5-6(8(13)20-7)10(18-3-4-19-10)11(14,15)9(5)16-1-2-17-9/h1-4H2. The Morgan fingerprint density at radius 1 is 0.750 bits per heavy atom. The summed E-state index contributed by atoms with van der Waals surface area (Å²) in [7, 11) is 0. The molecule has 4 rings (SSSR count). The maximum atomic E-state index is 15.5. The third kappa shape index (κ3) is 1.64. The quantitative estimate of drug-likeness (QED) is 0.419. The molecule has 0 radical (unpaired) electrons. The van der Waals surface area contributed by atoms with Crippen LogP contribution in [-0.2, 0) is 8.16 Å². The molecule has 0 aromatic carbocycles. The molecule has 3 heterocycles. The van der Waals surface area contributed by atoms with Crippen LogP contribution in [-0.4, -0.2) is 28.9 Å². The summed E-state index contributed by atoms with van der Waals surface area (Å²) < 4.78 is 30.6. The highest BCUT2D eigenvalue weighted by Gasteiger charge is 2.78. The summed E-state index contributed by atoms with van der Waals surface area (Å²) in [4.78, 5) is 0. The van der Waals surface area contributed by atoms with Gasteiger partial charge in [-0.2, -0.15) is 0 Å². The fourth-order valence-electron chi connectivity index (χ4n) is 2.97.